The zero-order valence-corrected chi connectivity index (χ0v) is 14.6. The predicted molar refractivity (Wildman–Crippen MR) is 87.9 cm³/mol. The molecule has 5 heteroatoms. The molecule has 0 aliphatic heterocycles. The lowest BCUT2D eigenvalue weighted by atomic mass is 10.0. The lowest BCUT2D eigenvalue weighted by Crippen LogP contribution is -1.98. The molecule has 0 heterocycles. The number of hydrogen-bond acceptors (Lipinski definition) is 1. The molecule has 0 aromatic heterocycles. The van der Waals surface area contributed by atoms with Gasteiger partial charge < -0.3 is 4.74 Å². The number of rotatable bonds is 3. The smallest absolute Gasteiger partial charge is 0.124 e. The van der Waals surface area contributed by atoms with Crippen molar-refractivity contribution in [2.75, 3.05) is 7.11 Å². The molecule has 0 saturated carbocycles. The summed E-state index contributed by atoms with van der Waals surface area (Å²) in [5.74, 6) is 0.794. The molecule has 1 unspecified atom stereocenters. The van der Waals surface area contributed by atoms with Crippen molar-refractivity contribution >= 4 is 55.1 Å². The summed E-state index contributed by atoms with van der Waals surface area (Å²) in [4.78, 5) is -0.0553. The van der Waals surface area contributed by atoms with Crippen LogP contribution in [-0.2, 0) is 0 Å². The van der Waals surface area contributed by atoms with Crippen molar-refractivity contribution < 1.29 is 4.74 Å². The van der Waals surface area contributed by atoms with Gasteiger partial charge in [-0.05, 0) is 29.8 Å². The summed E-state index contributed by atoms with van der Waals surface area (Å²) in [6.45, 7) is 0. The minimum Gasteiger partial charge on any atom is -0.496 e. The van der Waals surface area contributed by atoms with E-state index in [0.717, 1.165) is 21.3 Å². The highest BCUT2D eigenvalue weighted by Gasteiger charge is 2.18. The topological polar surface area (TPSA) is 9.23 Å². The number of ether oxygens (including phenoxy) is 1. The summed E-state index contributed by atoms with van der Waals surface area (Å²) in [6, 6.07) is 11.3. The third-order valence-corrected chi connectivity index (χ3v) is 4.75. The zero-order valence-electron chi connectivity index (χ0n) is 9.96. The van der Waals surface area contributed by atoms with Gasteiger partial charge in [-0.3, -0.25) is 0 Å². The number of hydrogen-bond donors (Lipinski definition) is 0. The first kappa shape index (κ1) is 15.2. The number of methoxy groups -OCH3 is 1. The Kier molecular flexibility index (Phi) is 5.18. The Balaban J connectivity index is 2.46. The molecule has 0 aliphatic rings. The third kappa shape index (κ3) is 3.46. The summed E-state index contributed by atoms with van der Waals surface area (Å²) in [6.07, 6.45) is 0. The van der Waals surface area contributed by atoms with E-state index in [-0.39, 0.29) is 4.83 Å². The maximum Gasteiger partial charge on any atom is 0.124 e. The Hall–Kier alpha value is -0.220. The lowest BCUT2D eigenvalue weighted by molar-refractivity contribution is 0.410. The van der Waals surface area contributed by atoms with Crippen molar-refractivity contribution in [1.29, 1.82) is 0 Å². The second kappa shape index (κ2) is 6.49. The van der Waals surface area contributed by atoms with Crippen LogP contribution in [0.3, 0.4) is 0 Å². The first-order chi connectivity index (χ1) is 9.02. The Morgan fingerprint density at radius 3 is 2.37 bits per heavy atom. The summed E-state index contributed by atoms with van der Waals surface area (Å²) in [7, 11) is 1.65. The molecule has 2 aromatic carbocycles. The first-order valence-corrected chi connectivity index (χ1v) is 7.92. The van der Waals surface area contributed by atoms with E-state index >= 15 is 0 Å². The second-order valence-electron chi connectivity index (χ2n) is 3.91. The molecule has 0 N–H and O–H groups in total. The van der Waals surface area contributed by atoms with Gasteiger partial charge in [0.05, 0.1) is 11.9 Å². The molecule has 0 fully saturated rings. The maximum atomic E-state index is 6.24. The van der Waals surface area contributed by atoms with Gasteiger partial charge in [0.25, 0.3) is 0 Å². The number of benzene rings is 2. The molecule has 0 aliphatic carbocycles. The first-order valence-electron chi connectivity index (χ1n) is 5.45. The van der Waals surface area contributed by atoms with Gasteiger partial charge in [-0.2, -0.15) is 0 Å². The van der Waals surface area contributed by atoms with E-state index in [9.17, 15) is 0 Å². The van der Waals surface area contributed by atoms with Crippen molar-refractivity contribution in [3.63, 3.8) is 0 Å². The summed E-state index contributed by atoms with van der Waals surface area (Å²) >= 11 is 19.2. The van der Waals surface area contributed by atoms with Gasteiger partial charge >= 0.3 is 0 Å². The van der Waals surface area contributed by atoms with Crippen LogP contribution in [0.25, 0.3) is 0 Å². The standard InChI is InChI=1S/C14H10Br2Cl2O/c1-19-13-6-8(15)2-4-11(13)14(16)10-5-3-9(17)7-12(10)18/h2-7,14H,1H3. The van der Waals surface area contributed by atoms with Crippen molar-refractivity contribution in [3.8, 4) is 5.75 Å². The highest BCUT2D eigenvalue weighted by atomic mass is 79.9. The highest BCUT2D eigenvalue weighted by molar-refractivity contribution is 9.10. The minimum atomic E-state index is -0.0553. The van der Waals surface area contributed by atoms with Crippen LogP contribution in [0.4, 0.5) is 0 Å². The summed E-state index contributed by atoms with van der Waals surface area (Å²) in [5, 5.41) is 1.25. The van der Waals surface area contributed by atoms with Gasteiger partial charge in [-0.15, -0.1) is 0 Å². The fourth-order valence-corrected chi connectivity index (χ4v) is 3.54. The lowest BCUT2D eigenvalue weighted by Gasteiger charge is -2.16. The van der Waals surface area contributed by atoms with Crippen molar-refractivity contribution in [3.05, 3.63) is 62.0 Å². The minimum absolute atomic E-state index is 0.0553. The Morgan fingerprint density at radius 1 is 1.05 bits per heavy atom. The van der Waals surface area contributed by atoms with E-state index in [4.69, 9.17) is 27.9 Å². The molecule has 1 atom stereocenters. The van der Waals surface area contributed by atoms with Gasteiger partial charge in [0.15, 0.2) is 0 Å². The summed E-state index contributed by atoms with van der Waals surface area (Å²) < 4.78 is 6.37. The summed E-state index contributed by atoms with van der Waals surface area (Å²) in [5.41, 5.74) is 1.96. The largest absolute Gasteiger partial charge is 0.496 e. The fraction of sp³-hybridized carbons (Fsp3) is 0.143. The van der Waals surface area contributed by atoms with E-state index < -0.39 is 0 Å². The molecule has 0 spiro atoms. The second-order valence-corrected chi connectivity index (χ2v) is 6.59. The van der Waals surface area contributed by atoms with E-state index in [1.165, 1.54) is 0 Å². The molecule has 19 heavy (non-hydrogen) atoms. The molecule has 0 saturated heterocycles. The molecule has 0 bridgehead atoms. The SMILES string of the molecule is COc1cc(Br)ccc1C(Br)c1ccc(Cl)cc1Cl. The average Bonchev–Trinajstić information content (AvgIpc) is 2.37. The van der Waals surface area contributed by atoms with Crippen LogP contribution in [0.1, 0.15) is 16.0 Å². The predicted octanol–water partition coefficient (Wildman–Crippen LogP) is 6.25. The Labute approximate surface area is 139 Å². The molecule has 0 amide bonds. The van der Waals surface area contributed by atoms with Crippen LogP contribution < -0.4 is 4.74 Å². The Morgan fingerprint density at radius 2 is 1.74 bits per heavy atom. The van der Waals surface area contributed by atoms with Crippen molar-refractivity contribution in [2.45, 2.75) is 4.83 Å². The van der Waals surface area contributed by atoms with Crippen LogP contribution in [0.5, 0.6) is 5.75 Å². The zero-order chi connectivity index (χ0) is 14.0. The molecule has 0 radical (unpaired) electrons. The quantitative estimate of drug-likeness (QED) is 0.529. The monoisotopic (exact) mass is 422 g/mol. The van der Waals surface area contributed by atoms with Crippen molar-refractivity contribution in [2.24, 2.45) is 0 Å². The molecule has 100 valence electrons. The van der Waals surface area contributed by atoms with E-state index in [1.807, 2.05) is 30.3 Å². The number of halogens is 4. The molecule has 2 rings (SSSR count). The average molecular weight is 425 g/mol. The van der Waals surface area contributed by atoms with E-state index in [0.29, 0.717) is 10.0 Å². The van der Waals surface area contributed by atoms with Gasteiger partial charge in [-0.1, -0.05) is 67.2 Å². The fourth-order valence-electron chi connectivity index (χ4n) is 1.77. The van der Waals surface area contributed by atoms with Crippen LogP contribution >= 0.6 is 55.1 Å². The van der Waals surface area contributed by atoms with Crippen molar-refractivity contribution in [1.82, 2.24) is 0 Å². The van der Waals surface area contributed by atoms with Crippen LogP contribution in [-0.4, -0.2) is 7.11 Å². The molecular formula is C14H10Br2Cl2O. The van der Waals surface area contributed by atoms with Crippen LogP contribution in [0.15, 0.2) is 40.9 Å². The van der Waals surface area contributed by atoms with Gasteiger partial charge in [0.1, 0.15) is 5.75 Å². The third-order valence-electron chi connectivity index (χ3n) is 2.70. The Bertz CT molecular complexity index is 602. The van der Waals surface area contributed by atoms with Gasteiger partial charge in [0.2, 0.25) is 0 Å². The highest BCUT2D eigenvalue weighted by Crippen LogP contribution is 2.41. The van der Waals surface area contributed by atoms with Gasteiger partial charge in [-0.25, -0.2) is 0 Å². The molecular weight excluding hydrogens is 415 g/mol. The van der Waals surface area contributed by atoms with E-state index in [1.54, 1.807) is 13.2 Å². The maximum absolute atomic E-state index is 6.24. The van der Waals surface area contributed by atoms with Gasteiger partial charge in [0, 0.05) is 20.1 Å². The van der Waals surface area contributed by atoms with Crippen LogP contribution in [0.2, 0.25) is 10.0 Å². The number of alkyl halides is 1. The molecule has 2 aromatic rings. The normalized spacial score (nSPS) is 12.3. The van der Waals surface area contributed by atoms with E-state index in [2.05, 4.69) is 31.9 Å². The molecule has 1 nitrogen and oxygen atoms in total. The van der Waals surface area contributed by atoms with Crippen LogP contribution in [0, 0.1) is 0 Å².